The predicted molar refractivity (Wildman–Crippen MR) is 155 cm³/mol. The highest BCUT2D eigenvalue weighted by atomic mass is 32.2. The van der Waals surface area contributed by atoms with Crippen LogP contribution in [0.1, 0.15) is 44.3 Å². The number of rotatable bonds is 9. The molecule has 0 unspecified atom stereocenters. The fourth-order valence-corrected chi connectivity index (χ4v) is 6.91. The van der Waals surface area contributed by atoms with Crippen LogP contribution in [0.25, 0.3) is 10.9 Å². The summed E-state index contributed by atoms with van der Waals surface area (Å²) < 4.78 is 34.8. The topological polar surface area (TPSA) is 105 Å². The number of nitro benzene ring substituents is 1. The van der Waals surface area contributed by atoms with Crippen molar-refractivity contribution in [1.82, 2.24) is 14.9 Å². The summed E-state index contributed by atoms with van der Waals surface area (Å²) in [7, 11) is 0. The third kappa shape index (κ3) is 6.48. The molecule has 0 bridgehead atoms. The number of likely N-dealkylation sites (tertiary alicyclic amines) is 1. The number of fused-ring (bicyclic) bond motifs is 1. The molecule has 2 saturated heterocycles. The van der Waals surface area contributed by atoms with Gasteiger partial charge < -0.3 is 19.5 Å². The third-order valence-corrected chi connectivity index (χ3v) is 9.74. The number of hydrogen-bond acceptors (Lipinski definition) is 8. The molecule has 41 heavy (non-hydrogen) atoms. The number of nitrogens with one attached hydrogen (secondary N) is 1. The lowest BCUT2D eigenvalue weighted by atomic mass is 9.99. The van der Waals surface area contributed by atoms with Crippen molar-refractivity contribution in [2.24, 2.45) is 5.92 Å². The summed E-state index contributed by atoms with van der Waals surface area (Å²) in [6.45, 7) is 3.94. The monoisotopic (exact) mass is 585 g/mol. The van der Waals surface area contributed by atoms with Crippen molar-refractivity contribution in [2.45, 2.75) is 55.6 Å². The van der Waals surface area contributed by atoms with Crippen molar-refractivity contribution in [2.75, 3.05) is 37.7 Å². The molecule has 0 atom stereocenters. The number of benzene rings is 2. The lowest BCUT2D eigenvalue weighted by Crippen LogP contribution is -2.48. The molecule has 3 fully saturated rings. The summed E-state index contributed by atoms with van der Waals surface area (Å²) in [4.78, 5) is 34.7. The SMILES string of the molecule is O=c1[nH]c(CSC2CCN(C3CCN(c4ccc([N+](=O)[O-])cc4F)CC3)CC2)nc2cc(OCC3CC3)cc(F)c12. The second-order valence-electron chi connectivity index (χ2n) is 11.2. The van der Waals surface area contributed by atoms with Gasteiger partial charge in [-0.1, -0.05) is 0 Å². The number of thioether (sulfide) groups is 1. The zero-order chi connectivity index (χ0) is 28.5. The number of nitro groups is 1. The third-order valence-electron chi connectivity index (χ3n) is 8.36. The number of hydrogen-bond donors (Lipinski definition) is 1. The maximum Gasteiger partial charge on any atom is 0.272 e. The highest BCUT2D eigenvalue weighted by Gasteiger charge is 2.30. The molecule has 12 heteroatoms. The minimum absolute atomic E-state index is 0.0341. The molecule has 218 valence electrons. The second kappa shape index (κ2) is 11.9. The summed E-state index contributed by atoms with van der Waals surface area (Å²) in [5, 5.41) is 11.3. The largest absolute Gasteiger partial charge is 0.493 e. The molecule has 0 radical (unpaired) electrons. The van der Waals surface area contributed by atoms with E-state index in [4.69, 9.17) is 4.74 Å². The molecule has 0 amide bonds. The summed E-state index contributed by atoms with van der Waals surface area (Å²) in [5.74, 6) is 0.875. The van der Waals surface area contributed by atoms with Crippen LogP contribution in [0, 0.1) is 27.7 Å². The molecule has 2 aromatic carbocycles. The van der Waals surface area contributed by atoms with Crippen LogP contribution in [0.5, 0.6) is 5.75 Å². The normalized spacial score (nSPS) is 19.1. The standard InChI is InChI=1S/C29H33F2N5O4S/c30-23-13-20(36(38)39)3-4-26(23)35-9-5-19(6-10-35)34-11-7-22(8-12-34)41-17-27-32-25-15-21(40-16-18-1-2-18)14-24(31)28(25)29(37)33-27/h3-4,13-15,18-19,22H,1-2,5-12,16-17H2,(H,32,33,37). The van der Waals surface area contributed by atoms with E-state index in [0.717, 1.165) is 57.7 Å². The summed E-state index contributed by atoms with van der Waals surface area (Å²) in [6.07, 6.45) is 6.15. The number of aromatic nitrogens is 2. The number of nitrogens with zero attached hydrogens (tertiary/aromatic N) is 4. The molecule has 2 aliphatic heterocycles. The van der Waals surface area contributed by atoms with Crippen molar-refractivity contribution in [3.63, 3.8) is 0 Å². The van der Waals surface area contributed by atoms with Crippen molar-refractivity contribution < 1.29 is 18.4 Å². The van der Waals surface area contributed by atoms with E-state index in [2.05, 4.69) is 14.9 Å². The van der Waals surface area contributed by atoms with Gasteiger partial charge in [0.1, 0.15) is 22.8 Å². The van der Waals surface area contributed by atoms with Gasteiger partial charge in [-0.2, -0.15) is 11.8 Å². The molecule has 0 spiro atoms. The first-order valence-electron chi connectivity index (χ1n) is 14.2. The lowest BCUT2D eigenvalue weighted by molar-refractivity contribution is -0.385. The Balaban J connectivity index is 0.992. The van der Waals surface area contributed by atoms with E-state index >= 15 is 0 Å². The van der Waals surface area contributed by atoms with Crippen molar-refractivity contribution >= 4 is 34.0 Å². The minimum atomic E-state index is -0.614. The Labute approximate surface area is 240 Å². The maximum atomic E-state index is 14.6. The van der Waals surface area contributed by atoms with Crippen LogP contribution in [0.4, 0.5) is 20.2 Å². The molecule has 6 rings (SSSR count). The molecular weight excluding hydrogens is 552 g/mol. The van der Waals surface area contributed by atoms with Crippen LogP contribution in [-0.2, 0) is 5.75 Å². The van der Waals surface area contributed by atoms with Gasteiger partial charge in [0, 0.05) is 42.6 Å². The van der Waals surface area contributed by atoms with E-state index in [9.17, 15) is 23.7 Å². The number of piperidine rings is 2. The van der Waals surface area contributed by atoms with E-state index in [0.29, 0.717) is 65.4 Å². The highest BCUT2D eigenvalue weighted by molar-refractivity contribution is 7.99. The smallest absolute Gasteiger partial charge is 0.272 e. The van der Waals surface area contributed by atoms with Crippen LogP contribution in [0.3, 0.4) is 0 Å². The van der Waals surface area contributed by atoms with Gasteiger partial charge in [-0.05, 0) is 63.6 Å². The van der Waals surface area contributed by atoms with Crippen LogP contribution in [0.15, 0.2) is 35.1 Å². The minimum Gasteiger partial charge on any atom is -0.493 e. The van der Waals surface area contributed by atoms with Gasteiger partial charge in [-0.3, -0.25) is 14.9 Å². The first-order valence-corrected chi connectivity index (χ1v) is 15.3. The van der Waals surface area contributed by atoms with E-state index in [1.54, 1.807) is 17.8 Å². The summed E-state index contributed by atoms with van der Waals surface area (Å²) >= 11 is 1.77. The van der Waals surface area contributed by atoms with Gasteiger partial charge in [0.05, 0.1) is 34.6 Å². The van der Waals surface area contributed by atoms with Gasteiger partial charge in [0.15, 0.2) is 5.82 Å². The van der Waals surface area contributed by atoms with E-state index in [1.165, 1.54) is 18.2 Å². The molecule has 1 aliphatic carbocycles. The van der Waals surface area contributed by atoms with Gasteiger partial charge in [0.25, 0.3) is 11.2 Å². The van der Waals surface area contributed by atoms with Crippen molar-refractivity contribution in [3.05, 3.63) is 68.3 Å². The van der Waals surface area contributed by atoms with E-state index < -0.39 is 22.1 Å². The average molecular weight is 586 g/mol. The van der Waals surface area contributed by atoms with Crippen LogP contribution >= 0.6 is 11.8 Å². The number of halogens is 2. The van der Waals surface area contributed by atoms with Crippen LogP contribution in [0.2, 0.25) is 0 Å². The molecule has 3 aromatic rings. The zero-order valence-electron chi connectivity index (χ0n) is 22.7. The number of non-ortho nitro benzene ring substituents is 1. The number of ether oxygens (including phenoxy) is 1. The Morgan fingerprint density at radius 1 is 1.02 bits per heavy atom. The van der Waals surface area contributed by atoms with Crippen molar-refractivity contribution in [3.8, 4) is 5.75 Å². The fraction of sp³-hybridized carbons (Fsp3) is 0.517. The van der Waals surface area contributed by atoms with Gasteiger partial charge >= 0.3 is 0 Å². The Bertz CT molecular complexity index is 1480. The Morgan fingerprint density at radius 3 is 2.46 bits per heavy atom. The van der Waals surface area contributed by atoms with Gasteiger partial charge in [0.2, 0.25) is 0 Å². The number of H-pyrrole nitrogens is 1. The quantitative estimate of drug-likeness (QED) is 0.268. The lowest BCUT2D eigenvalue weighted by Gasteiger charge is -2.42. The summed E-state index contributed by atoms with van der Waals surface area (Å²) in [5.41, 5.74) is 0.0483. The second-order valence-corrected chi connectivity index (χ2v) is 12.5. The first kappa shape index (κ1) is 27.9. The Morgan fingerprint density at radius 2 is 1.78 bits per heavy atom. The molecule has 1 saturated carbocycles. The molecule has 1 aromatic heterocycles. The Kier molecular flexibility index (Phi) is 8.12. The molecule has 3 heterocycles. The first-order chi connectivity index (χ1) is 19.8. The molecular formula is C29H33F2N5O4S. The maximum absolute atomic E-state index is 14.6. The average Bonchev–Trinajstić information content (AvgIpc) is 3.80. The number of aromatic amines is 1. The molecule has 9 nitrogen and oxygen atoms in total. The van der Waals surface area contributed by atoms with Crippen LogP contribution < -0.4 is 15.2 Å². The van der Waals surface area contributed by atoms with Gasteiger partial charge in [-0.15, -0.1) is 0 Å². The predicted octanol–water partition coefficient (Wildman–Crippen LogP) is 5.26. The molecule has 1 N–H and O–H groups in total. The number of anilines is 1. The van der Waals surface area contributed by atoms with E-state index in [-0.39, 0.29) is 11.1 Å². The van der Waals surface area contributed by atoms with Crippen molar-refractivity contribution in [1.29, 1.82) is 0 Å². The highest BCUT2D eigenvalue weighted by Crippen LogP contribution is 2.32. The Hall–Kier alpha value is -3.25. The zero-order valence-corrected chi connectivity index (χ0v) is 23.5. The van der Waals surface area contributed by atoms with E-state index in [1.807, 2.05) is 4.90 Å². The van der Waals surface area contributed by atoms with Crippen LogP contribution in [-0.4, -0.2) is 63.9 Å². The molecule has 3 aliphatic rings. The van der Waals surface area contributed by atoms with Gasteiger partial charge in [-0.25, -0.2) is 13.8 Å². The summed E-state index contributed by atoms with van der Waals surface area (Å²) in [6, 6.07) is 7.21. The fourth-order valence-electron chi connectivity index (χ4n) is 5.84.